The molecule has 0 saturated carbocycles. The van der Waals surface area contributed by atoms with Crippen molar-refractivity contribution >= 4 is 19.8 Å². The normalized spacial score (nSPS) is 13.3. The minimum absolute atomic E-state index is 0.0360. The SMILES string of the molecule is CCCCCCC/C=C\C/C=C\CCCCCCCCCCCCCCCCCCCCCCCCCC(=O)OC(COC(=O)CCCCCCCCCCCCCCCCCCCC)COP(=O)(O)OCC[N+](C)(C)C. The number of likely N-dealkylation sites (N-methyl/N-ethyl adjacent to an activating group) is 1. The van der Waals surface area contributed by atoms with Gasteiger partial charge in [0, 0.05) is 12.8 Å². The van der Waals surface area contributed by atoms with Gasteiger partial charge in [-0.3, -0.25) is 18.6 Å². The quantitative estimate of drug-likeness (QED) is 0.0211. The van der Waals surface area contributed by atoms with Gasteiger partial charge in [0.05, 0.1) is 27.7 Å². The van der Waals surface area contributed by atoms with Gasteiger partial charge < -0.3 is 18.9 Å². The number of esters is 2. The first-order valence-electron chi connectivity index (χ1n) is 33.6. The molecule has 0 radical (unpaired) electrons. The summed E-state index contributed by atoms with van der Waals surface area (Å²) in [6.07, 6.45) is 72.8. The molecule has 77 heavy (non-hydrogen) atoms. The summed E-state index contributed by atoms with van der Waals surface area (Å²) in [4.78, 5) is 35.8. The molecule has 0 fully saturated rings. The molecule has 0 spiro atoms. The van der Waals surface area contributed by atoms with Gasteiger partial charge in [0.15, 0.2) is 6.10 Å². The summed E-state index contributed by atoms with van der Waals surface area (Å²) >= 11 is 0. The molecule has 0 amide bonds. The molecule has 9 nitrogen and oxygen atoms in total. The van der Waals surface area contributed by atoms with Crippen LogP contribution in [-0.4, -0.2) is 74.9 Å². The standard InChI is InChI=1S/C67H130NO8P/c1-6-8-10-12-14-16-18-20-22-24-26-27-28-29-30-31-32-33-34-35-36-37-38-39-40-41-42-44-46-48-50-52-54-56-58-60-67(70)76-65(64-75-77(71,72)74-62-61-68(3,4)5)63-73-66(69)59-57-55-53-51-49-47-45-43-25-23-21-19-17-15-13-11-9-7-2/h18,20,24,26,65H,6-17,19,21-23,25,27-64H2,1-5H3/p+1/b20-18-,26-24-. The van der Waals surface area contributed by atoms with Crippen molar-refractivity contribution in [1.82, 2.24) is 0 Å². The van der Waals surface area contributed by atoms with E-state index < -0.39 is 26.5 Å². The van der Waals surface area contributed by atoms with Gasteiger partial charge in [-0.05, 0) is 44.9 Å². The van der Waals surface area contributed by atoms with Gasteiger partial charge in [0.2, 0.25) is 0 Å². The molecular formula is C67H131NO8P+. The number of nitrogens with zero attached hydrogens (tertiary/aromatic N) is 1. The highest BCUT2D eigenvalue weighted by atomic mass is 31.2. The fourth-order valence-electron chi connectivity index (χ4n) is 10.1. The number of hydrogen-bond acceptors (Lipinski definition) is 7. The molecule has 0 aliphatic heterocycles. The number of carbonyl (C=O) groups excluding carboxylic acids is 2. The predicted molar refractivity (Wildman–Crippen MR) is 331 cm³/mol. The summed E-state index contributed by atoms with van der Waals surface area (Å²) < 4.78 is 34.7. The van der Waals surface area contributed by atoms with Gasteiger partial charge in [-0.25, -0.2) is 4.57 Å². The van der Waals surface area contributed by atoms with Crippen molar-refractivity contribution in [3.8, 4) is 0 Å². The number of allylic oxidation sites excluding steroid dienone is 4. The van der Waals surface area contributed by atoms with E-state index in [0.717, 1.165) is 44.9 Å². The fraction of sp³-hybridized carbons (Fsp3) is 0.910. The molecule has 0 saturated heterocycles. The minimum atomic E-state index is -4.38. The second-order valence-corrected chi connectivity index (χ2v) is 25.7. The first kappa shape index (κ1) is 75.5. The number of carbonyl (C=O) groups is 2. The Morgan fingerprint density at radius 3 is 1.03 bits per heavy atom. The molecule has 0 aromatic carbocycles. The van der Waals surface area contributed by atoms with Gasteiger partial charge in [0.25, 0.3) is 0 Å². The highest BCUT2D eigenvalue weighted by molar-refractivity contribution is 7.47. The zero-order valence-electron chi connectivity index (χ0n) is 52.0. The van der Waals surface area contributed by atoms with Gasteiger partial charge >= 0.3 is 19.8 Å². The van der Waals surface area contributed by atoms with E-state index >= 15 is 0 Å². The maximum absolute atomic E-state index is 12.9. The van der Waals surface area contributed by atoms with Crippen LogP contribution in [0.3, 0.4) is 0 Å². The van der Waals surface area contributed by atoms with Crippen LogP contribution >= 0.6 is 7.82 Å². The Kier molecular flexibility index (Phi) is 58.0. The summed E-state index contributed by atoms with van der Waals surface area (Å²) in [5, 5.41) is 0. The van der Waals surface area contributed by atoms with E-state index in [9.17, 15) is 19.0 Å². The average Bonchev–Trinajstić information content (AvgIpc) is 3.39. The Bertz CT molecular complexity index is 1350. The van der Waals surface area contributed by atoms with Gasteiger partial charge in [0.1, 0.15) is 19.8 Å². The molecule has 0 aliphatic rings. The Hall–Kier alpha value is -1.51. The summed E-state index contributed by atoms with van der Waals surface area (Å²) in [5.41, 5.74) is 0. The van der Waals surface area contributed by atoms with Gasteiger partial charge in [-0.2, -0.15) is 0 Å². The Morgan fingerprint density at radius 2 is 0.701 bits per heavy atom. The van der Waals surface area contributed by atoms with Crippen LogP contribution < -0.4 is 0 Å². The van der Waals surface area contributed by atoms with E-state index in [-0.39, 0.29) is 25.6 Å². The molecule has 0 heterocycles. The van der Waals surface area contributed by atoms with Crippen LogP contribution in [-0.2, 0) is 32.7 Å². The molecule has 0 bridgehead atoms. The van der Waals surface area contributed by atoms with Crippen molar-refractivity contribution in [3.63, 3.8) is 0 Å². The topological polar surface area (TPSA) is 108 Å². The molecular weight excluding hydrogens is 978 g/mol. The van der Waals surface area contributed by atoms with Crippen LogP contribution in [0.25, 0.3) is 0 Å². The average molecular weight is 1110 g/mol. The molecule has 0 aliphatic carbocycles. The number of ether oxygens (including phenoxy) is 2. The van der Waals surface area contributed by atoms with Crippen LogP contribution in [0.4, 0.5) is 0 Å². The summed E-state index contributed by atoms with van der Waals surface area (Å²) in [6.45, 7) is 4.49. The van der Waals surface area contributed by atoms with Crippen molar-refractivity contribution in [1.29, 1.82) is 0 Å². The van der Waals surface area contributed by atoms with Crippen LogP contribution in [0, 0.1) is 0 Å². The smallest absolute Gasteiger partial charge is 0.462 e. The van der Waals surface area contributed by atoms with Gasteiger partial charge in [-0.15, -0.1) is 0 Å². The van der Waals surface area contributed by atoms with Crippen LogP contribution in [0.2, 0.25) is 0 Å². The number of hydrogen-bond donors (Lipinski definition) is 1. The lowest BCUT2D eigenvalue weighted by atomic mass is 10.0. The van der Waals surface area contributed by atoms with Crippen molar-refractivity contribution in [2.45, 2.75) is 347 Å². The van der Waals surface area contributed by atoms with Crippen molar-refractivity contribution in [2.24, 2.45) is 0 Å². The van der Waals surface area contributed by atoms with E-state index in [1.54, 1.807) is 0 Å². The molecule has 1 N–H and O–H groups in total. The third-order valence-electron chi connectivity index (χ3n) is 15.2. The third-order valence-corrected chi connectivity index (χ3v) is 16.2. The first-order valence-corrected chi connectivity index (χ1v) is 35.1. The number of rotatable bonds is 63. The largest absolute Gasteiger partial charge is 0.472 e. The molecule has 0 aromatic rings. The highest BCUT2D eigenvalue weighted by Gasteiger charge is 2.27. The zero-order valence-corrected chi connectivity index (χ0v) is 52.9. The van der Waals surface area contributed by atoms with Crippen LogP contribution in [0.1, 0.15) is 341 Å². The maximum Gasteiger partial charge on any atom is 0.472 e. The minimum Gasteiger partial charge on any atom is -0.462 e. The molecule has 2 unspecified atom stereocenters. The fourth-order valence-corrected chi connectivity index (χ4v) is 10.8. The van der Waals surface area contributed by atoms with E-state index in [1.165, 1.54) is 270 Å². The highest BCUT2D eigenvalue weighted by Crippen LogP contribution is 2.43. The van der Waals surface area contributed by atoms with E-state index in [0.29, 0.717) is 17.4 Å². The lowest BCUT2D eigenvalue weighted by Gasteiger charge is -2.24. The second kappa shape index (κ2) is 59.1. The molecule has 456 valence electrons. The van der Waals surface area contributed by atoms with E-state index in [2.05, 4.69) is 38.2 Å². The summed E-state index contributed by atoms with van der Waals surface area (Å²) in [6, 6.07) is 0. The van der Waals surface area contributed by atoms with Crippen molar-refractivity contribution < 1.29 is 42.1 Å². The molecule has 0 aromatic heterocycles. The van der Waals surface area contributed by atoms with Crippen molar-refractivity contribution in [2.75, 3.05) is 47.5 Å². The lowest BCUT2D eigenvalue weighted by molar-refractivity contribution is -0.870. The Balaban J connectivity index is 3.95. The lowest BCUT2D eigenvalue weighted by Crippen LogP contribution is -2.37. The van der Waals surface area contributed by atoms with E-state index in [1.807, 2.05) is 21.1 Å². The van der Waals surface area contributed by atoms with Gasteiger partial charge in [-0.1, -0.05) is 308 Å². The molecule has 0 rings (SSSR count). The Labute approximate surface area is 479 Å². The predicted octanol–water partition coefficient (Wildman–Crippen LogP) is 21.3. The first-order chi connectivity index (χ1) is 37.5. The Morgan fingerprint density at radius 1 is 0.403 bits per heavy atom. The number of phosphoric ester groups is 1. The molecule has 2 atom stereocenters. The second-order valence-electron chi connectivity index (χ2n) is 24.2. The van der Waals surface area contributed by atoms with Crippen LogP contribution in [0.5, 0.6) is 0 Å². The third kappa shape index (κ3) is 63.5. The number of phosphoric acid groups is 1. The number of quaternary nitrogens is 1. The maximum atomic E-state index is 12.9. The van der Waals surface area contributed by atoms with Crippen molar-refractivity contribution in [3.05, 3.63) is 24.3 Å². The monoisotopic (exact) mass is 1110 g/mol. The number of unbranched alkanes of at least 4 members (excludes halogenated alkanes) is 45. The van der Waals surface area contributed by atoms with Crippen LogP contribution in [0.15, 0.2) is 24.3 Å². The summed E-state index contributed by atoms with van der Waals surface area (Å²) in [5.74, 6) is -0.774. The van der Waals surface area contributed by atoms with E-state index in [4.69, 9.17) is 18.5 Å². The zero-order chi connectivity index (χ0) is 56.3. The molecule has 10 heteroatoms. The summed E-state index contributed by atoms with van der Waals surface area (Å²) in [7, 11) is 1.50.